The molecule has 0 saturated heterocycles. The highest BCUT2D eigenvalue weighted by molar-refractivity contribution is 5.58. The predicted molar refractivity (Wildman–Crippen MR) is 81.0 cm³/mol. The van der Waals surface area contributed by atoms with Crippen molar-refractivity contribution in [1.82, 2.24) is 0 Å². The Morgan fingerprint density at radius 3 is 2.53 bits per heavy atom. The monoisotopic (exact) mass is 255 g/mol. The molecule has 19 heavy (non-hydrogen) atoms. The maximum atomic E-state index is 5.41. The first-order valence-corrected chi connectivity index (χ1v) is 6.64. The first kappa shape index (κ1) is 13.5. The van der Waals surface area contributed by atoms with Gasteiger partial charge in [-0.25, -0.2) is 0 Å². The molecule has 0 radical (unpaired) electrons. The third-order valence-corrected chi connectivity index (χ3v) is 3.14. The molecule has 0 aliphatic carbocycles. The fraction of sp³-hybridized carbons (Fsp3) is 0.294. The molecule has 0 amide bonds. The quantitative estimate of drug-likeness (QED) is 0.870. The van der Waals surface area contributed by atoms with Crippen LogP contribution < -0.4 is 10.1 Å². The van der Waals surface area contributed by atoms with E-state index in [1.54, 1.807) is 7.11 Å². The number of aryl methyl sites for hydroxylation is 1. The van der Waals surface area contributed by atoms with E-state index in [4.69, 9.17) is 4.74 Å². The Balaban J connectivity index is 2.04. The van der Waals surface area contributed by atoms with E-state index >= 15 is 0 Å². The second-order valence-corrected chi connectivity index (χ2v) is 4.94. The lowest BCUT2D eigenvalue weighted by Crippen LogP contribution is -2.18. The summed E-state index contributed by atoms with van der Waals surface area (Å²) in [6.07, 6.45) is 0.998. The van der Waals surface area contributed by atoms with Crippen molar-refractivity contribution < 1.29 is 4.74 Å². The van der Waals surface area contributed by atoms with Crippen LogP contribution in [0.2, 0.25) is 0 Å². The summed E-state index contributed by atoms with van der Waals surface area (Å²) in [6, 6.07) is 17.1. The van der Waals surface area contributed by atoms with Gasteiger partial charge in [0.25, 0.3) is 0 Å². The molecule has 0 bridgehead atoms. The highest BCUT2D eigenvalue weighted by atomic mass is 16.5. The smallest absolute Gasteiger partial charge is 0.142 e. The van der Waals surface area contributed by atoms with Crippen molar-refractivity contribution in [2.45, 2.75) is 26.3 Å². The highest BCUT2D eigenvalue weighted by Crippen LogP contribution is 2.26. The Morgan fingerprint density at radius 2 is 1.84 bits per heavy atom. The third kappa shape index (κ3) is 3.75. The fourth-order valence-electron chi connectivity index (χ4n) is 2.20. The van der Waals surface area contributed by atoms with Gasteiger partial charge in [0.2, 0.25) is 0 Å². The second-order valence-electron chi connectivity index (χ2n) is 4.94. The van der Waals surface area contributed by atoms with Gasteiger partial charge < -0.3 is 10.1 Å². The van der Waals surface area contributed by atoms with Gasteiger partial charge in [-0.2, -0.15) is 0 Å². The number of nitrogens with one attached hydrogen (secondary N) is 1. The number of methoxy groups -OCH3 is 1. The number of hydrogen-bond donors (Lipinski definition) is 1. The van der Waals surface area contributed by atoms with Crippen LogP contribution in [0.3, 0.4) is 0 Å². The van der Waals surface area contributed by atoms with Crippen molar-refractivity contribution in [2.75, 3.05) is 12.4 Å². The summed E-state index contributed by atoms with van der Waals surface area (Å²) in [6.45, 7) is 4.26. The molecule has 2 nitrogen and oxygen atoms in total. The summed E-state index contributed by atoms with van der Waals surface area (Å²) >= 11 is 0. The zero-order valence-electron chi connectivity index (χ0n) is 11.8. The molecule has 1 unspecified atom stereocenters. The van der Waals surface area contributed by atoms with Crippen LogP contribution >= 0.6 is 0 Å². The molecule has 0 aliphatic rings. The Kier molecular flexibility index (Phi) is 4.45. The fourth-order valence-corrected chi connectivity index (χ4v) is 2.20. The van der Waals surface area contributed by atoms with Crippen LogP contribution in [0.25, 0.3) is 0 Å². The van der Waals surface area contributed by atoms with Gasteiger partial charge in [-0.3, -0.25) is 0 Å². The van der Waals surface area contributed by atoms with Gasteiger partial charge in [0.15, 0.2) is 0 Å². The van der Waals surface area contributed by atoms with Crippen molar-refractivity contribution >= 4 is 5.69 Å². The maximum absolute atomic E-state index is 5.41. The molecule has 1 atom stereocenters. The van der Waals surface area contributed by atoms with Crippen molar-refractivity contribution in [3.05, 3.63) is 59.7 Å². The van der Waals surface area contributed by atoms with Gasteiger partial charge in [0.05, 0.1) is 12.8 Å². The summed E-state index contributed by atoms with van der Waals surface area (Å²) in [7, 11) is 1.71. The molecule has 0 heterocycles. The molecule has 2 aromatic rings. The van der Waals surface area contributed by atoms with E-state index in [2.05, 4.69) is 61.6 Å². The topological polar surface area (TPSA) is 21.3 Å². The predicted octanol–water partition coefficient (Wildman–Crippen LogP) is 4.05. The molecule has 0 saturated carbocycles. The minimum Gasteiger partial charge on any atom is -0.495 e. The molecule has 0 spiro atoms. The van der Waals surface area contributed by atoms with Crippen LogP contribution in [-0.4, -0.2) is 13.2 Å². The van der Waals surface area contributed by atoms with E-state index in [0.29, 0.717) is 6.04 Å². The van der Waals surface area contributed by atoms with E-state index in [1.165, 1.54) is 11.1 Å². The van der Waals surface area contributed by atoms with Crippen LogP contribution in [-0.2, 0) is 6.42 Å². The summed E-state index contributed by atoms with van der Waals surface area (Å²) < 4.78 is 5.41. The van der Waals surface area contributed by atoms with Crippen LogP contribution in [0, 0.1) is 6.92 Å². The standard InChI is InChI=1S/C17H21NO/c1-13-9-10-16(17(11-13)19-3)18-14(2)12-15-7-5-4-6-8-15/h4-11,14,18H,12H2,1-3H3. The maximum Gasteiger partial charge on any atom is 0.142 e. The van der Waals surface area contributed by atoms with Crippen molar-refractivity contribution in [2.24, 2.45) is 0 Å². The number of rotatable bonds is 5. The average Bonchev–Trinajstić information content (AvgIpc) is 2.42. The van der Waals surface area contributed by atoms with E-state index in [-0.39, 0.29) is 0 Å². The molecular formula is C17H21NO. The molecular weight excluding hydrogens is 234 g/mol. The minimum absolute atomic E-state index is 0.360. The molecule has 2 heteroatoms. The number of benzene rings is 2. The molecule has 0 aliphatic heterocycles. The Morgan fingerprint density at radius 1 is 1.11 bits per heavy atom. The third-order valence-electron chi connectivity index (χ3n) is 3.14. The molecule has 0 fully saturated rings. The molecule has 100 valence electrons. The largest absolute Gasteiger partial charge is 0.495 e. The normalized spacial score (nSPS) is 11.9. The Hall–Kier alpha value is -1.96. The summed E-state index contributed by atoms with van der Waals surface area (Å²) in [5, 5.41) is 3.51. The van der Waals surface area contributed by atoms with Crippen LogP contribution in [0.4, 0.5) is 5.69 Å². The van der Waals surface area contributed by atoms with Gasteiger partial charge in [-0.05, 0) is 43.5 Å². The highest BCUT2D eigenvalue weighted by Gasteiger charge is 2.07. The first-order chi connectivity index (χ1) is 9.19. The lowest BCUT2D eigenvalue weighted by Gasteiger charge is -2.18. The summed E-state index contributed by atoms with van der Waals surface area (Å²) in [5.74, 6) is 0.903. The number of anilines is 1. The molecule has 2 rings (SSSR count). The van der Waals surface area contributed by atoms with Crippen molar-refractivity contribution in [1.29, 1.82) is 0 Å². The van der Waals surface area contributed by atoms with E-state index in [0.717, 1.165) is 17.9 Å². The van der Waals surface area contributed by atoms with Gasteiger partial charge in [-0.15, -0.1) is 0 Å². The van der Waals surface area contributed by atoms with Crippen molar-refractivity contribution in [3.8, 4) is 5.75 Å². The summed E-state index contributed by atoms with van der Waals surface area (Å²) in [4.78, 5) is 0. The van der Waals surface area contributed by atoms with Crippen molar-refractivity contribution in [3.63, 3.8) is 0 Å². The number of hydrogen-bond acceptors (Lipinski definition) is 2. The van der Waals surface area contributed by atoms with E-state index in [1.807, 2.05) is 6.07 Å². The molecule has 0 aromatic heterocycles. The lowest BCUT2D eigenvalue weighted by molar-refractivity contribution is 0.415. The van der Waals surface area contributed by atoms with Gasteiger partial charge in [0, 0.05) is 6.04 Å². The molecule has 1 N–H and O–H groups in total. The van der Waals surface area contributed by atoms with Gasteiger partial charge in [-0.1, -0.05) is 36.4 Å². The van der Waals surface area contributed by atoms with E-state index in [9.17, 15) is 0 Å². The number of ether oxygens (including phenoxy) is 1. The zero-order valence-corrected chi connectivity index (χ0v) is 11.8. The van der Waals surface area contributed by atoms with Crippen LogP contribution in [0.1, 0.15) is 18.1 Å². The van der Waals surface area contributed by atoms with Crippen LogP contribution in [0.15, 0.2) is 48.5 Å². The first-order valence-electron chi connectivity index (χ1n) is 6.64. The van der Waals surface area contributed by atoms with E-state index < -0.39 is 0 Å². The Labute approximate surface area is 115 Å². The zero-order chi connectivity index (χ0) is 13.7. The van der Waals surface area contributed by atoms with Gasteiger partial charge >= 0.3 is 0 Å². The summed E-state index contributed by atoms with van der Waals surface area (Å²) in [5.41, 5.74) is 3.60. The Bertz CT molecular complexity index is 522. The SMILES string of the molecule is COc1cc(C)ccc1NC(C)Cc1ccccc1. The van der Waals surface area contributed by atoms with Crippen LogP contribution in [0.5, 0.6) is 5.75 Å². The second kappa shape index (κ2) is 6.28. The average molecular weight is 255 g/mol. The van der Waals surface area contributed by atoms with Gasteiger partial charge in [0.1, 0.15) is 5.75 Å². The lowest BCUT2D eigenvalue weighted by atomic mass is 10.1. The molecule has 2 aromatic carbocycles. The minimum atomic E-state index is 0.360.